The first-order valence-electron chi connectivity index (χ1n) is 7.30. The van der Waals surface area contributed by atoms with Gasteiger partial charge in [0.2, 0.25) is 0 Å². The molecule has 0 heterocycles. The van der Waals surface area contributed by atoms with Gasteiger partial charge >= 0.3 is 12.0 Å². The van der Waals surface area contributed by atoms with E-state index in [0.717, 1.165) is 12.8 Å². The van der Waals surface area contributed by atoms with Crippen molar-refractivity contribution in [2.75, 3.05) is 13.6 Å². The molecule has 0 saturated heterocycles. The van der Waals surface area contributed by atoms with E-state index in [0.29, 0.717) is 5.92 Å². The van der Waals surface area contributed by atoms with Crippen LogP contribution in [0.15, 0.2) is 24.3 Å². The van der Waals surface area contributed by atoms with Gasteiger partial charge in [0.15, 0.2) is 0 Å². The van der Waals surface area contributed by atoms with Crippen molar-refractivity contribution in [3.63, 3.8) is 0 Å². The van der Waals surface area contributed by atoms with Gasteiger partial charge in [0.05, 0.1) is 12.5 Å². The zero-order chi connectivity index (χ0) is 15.4. The Morgan fingerprint density at radius 1 is 1.38 bits per heavy atom. The SMILES string of the molecule is CC1CCc2ccccc2C1NC(=O)N(C)CCC(=O)O. The predicted molar refractivity (Wildman–Crippen MR) is 80.1 cm³/mol. The fraction of sp³-hybridized carbons (Fsp3) is 0.500. The van der Waals surface area contributed by atoms with Crippen LogP contribution < -0.4 is 5.32 Å². The normalized spacial score (nSPS) is 20.5. The maximum Gasteiger partial charge on any atom is 0.317 e. The lowest BCUT2D eigenvalue weighted by molar-refractivity contribution is -0.137. The monoisotopic (exact) mass is 290 g/mol. The number of benzene rings is 1. The van der Waals surface area contributed by atoms with Crippen molar-refractivity contribution in [3.8, 4) is 0 Å². The highest BCUT2D eigenvalue weighted by Crippen LogP contribution is 2.34. The molecular weight excluding hydrogens is 268 g/mol. The number of hydrogen-bond donors (Lipinski definition) is 2. The molecule has 1 aliphatic carbocycles. The molecule has 5 nitrogen and oxygen atoms in total. The number of nitrogens with zero attached hydrogens (tertiary/aromatic N) is 1. The lowest BCUT2D eigenvalue weighted by Gasteiger charge is -2.33. The van der Waals surface area contributed by atoms with Gasteiger partial charge in [-0.25, -0.2) is 4.79 Å². The van der Waals surface area contributed by atoms with Crippen LogP contribution in [0.2, 0.25) is 0 Å². The first-order chi connectivity index (χ1) is 9.99. The number of carboxylic acid groups (broad SMARTS) is 1. The van der Waals surface area contributed by atoms with E-state index in [4.69, 9.17) is 5.11 Å². The predicted octanol–water partition coefficient (Wildman–Crippen LogP) is 2.43. The highest BCUT2D eigenvalue weighted by atomic mass is 16.4. The minimum absolute atomic E-state index is 0.00488. The molecule has 0 radical (unpaired) electrons. The number of fused-ring (bicyclic) bond motifs is 1. The average Bonchev–Trinajstić information content (AvgIpc) is 2.47. The molecule has 0 aliphatic heterocycles. The third-order valence-electron chi connectivity index (χ3n) is 4.11. The minimum Gasteiger partial charge on any atom is -0.481 e. The van der Waals surface area contributed by atoms with Crippen LogP contribution in [0.25, 0.3) is 0 Å². The Bertz CT molecular complexity index is 530. The molecule has 0 saturated carbocycles. The van der Waals surface area contributed by atoms with Gasteiger partial charge in [-0.1, -0.05) is 31.2 Å². The van der Waals surface area contributed by atoms with Crippen LogP contribution in [-0.2, 0) is 11.2 Å². The summed E-state index contributed by atoms with van der Waals surface area (Å²) in [6.45, 7) is 2.35. The van der Waals surface area contributed by atoms with E-state index < -0.39 is 5.97 Å². The Morgan fingerprint density at radius 3 is 2.81 bits per heavy atom. The molecule has 0 spiro atoms. The van der Waals surface area contributed by atoms with Crippen molar-refractivity contribution in [1.82, 2.24) is 10.2 Å². The number of carboxylic acids is 1. The van der Waals surface area contributed by atoms with Crippen LogP contribution in [-0.4, -0.2) is 35.6 Å². The van der Waals surface area contributed by atoms with E-state index in [-0.39, 0.29) is 25.0 Å². The molecule has 2 amide bonds. The van der Waals surface area contributed by atoms with Crippen LogP contribution in [0.3, 0.4) is 0 Å². The Kier molecular flexibility index (Phi) is 4.83. The first kappa shape index (κ1) is 15.4. The van der Waals surface area contributed by atoms with Gasteiger partial charge in [0, 0.05) is 13.6 Å². The summed E-state index contributed by atoms with van der Waals surface area (Å²) in [5.41, 5.74) is 2.46. The second-order valence-electron chi connectivity index (χ2n) is 5.71. The molecule has 0 aromatic heterocycles. The average molecular weight is 290 g/mol. The third kappa shape index (κ3) is 3.74. The van der Waals surface area contributed by atoms with Crippen molar-refractivity contribution in [2.45, 2.75) is 32.2 Å². The molecule has 1 aromatic carbocycles. The lowest BCUT2D eigenvalue weighted by Crippen LogP contribution is -2.43. The molecule has 5 heteroatoms. The van der Waals surface area contributed by atoms with E-state index in [9.17, 15) is 9.59 Å². The molecule has 2 N–H and O–H groups in total. The topological polar surface area (TPSA) is 69.6 Å². The number of nitrogens with one attached hydrogen (secondary N) is 1. The quantitative estimate of drug-likeness (QED) is 0.894. The summed E-state index contributed by atoms with van der Waals surface area (Å²) in [5, 5.41) is 11.7. The summed E-state index contributed by atoms with van der Waals surface area (Å²) in [5.74, 6) is -0.525. The Labute approximate surface area is 125 Å². The molecule has 114 valence electrons. The van der Waals surface area contributed by atoms with Crippen LogP contribution in [0, 0.1) is 5.92 Å². The summed E-state index contributed by atoms with van der Waals surface area (Å²) in [6.07, 6.45) is 2.04. The standard InChI is InChI=1S/C16H22N2O3/c1-11-7-8-12-5-3-4-6-13(12)15(11)17-16(21)18(2)10-9-14(19)20/h3-6,11,15H,7-10H2,1-2H3,(H,17,21)(H,19,20). The summed E-state index contributed by atoms with van der Waals surface area (Å²) < 4.78 is 0. The Balaban J connectivity index is 2.04. The van der Waals surface area contributed by atoms with E-state index in [2.05, 4.69) is 24.4 Å². The van der Waals surface area contributed by atoms with Gasteiger partial charge < -0.3 is 15.3 Å². The van der Waals surface area contributed by atoms with Gasteiger partial charge in [-0.2, -0.15) is 0 Å². The zero-order valence-corrected chi connectivity index (χ0v) is 12.5. The first-order valence-corrected chi connectivity index (χ1v) is 7.30. The van der Waals surface area contributed by atoms with Crippen LogP contribution >= 0.6 is 0 Å². The fourth-order valence-electron chi connectivity index (χ4n) is 2.75. The highest BCUT2D eigenvalue weighted by molar-refractivity contribution is 5.75. The fourth-order valence-corrected chi connectivity index (χ4v) is 2.75. The highest BCUT2D eigenvalue weighted by Gasteiger charge is 2.28. The molecule has 1 aliphatic rings. The number of carbonyl (C=O) groups is 2. The number of aliphatic carboxylic acids is 1. The molecule has 0 fully saturated rings. The molecule has 2 rings (SSSR count). The van der Waals surface area contributed by atoms with Gasteiger partial charge in [-0.3, -0.25) is 4.79 Å². The smallest absolute Gasteiger partial charge is 0.317 e. The Morgan fingerprint density at radius 2 is 2.10 bits per heavy atom. The number of carbonyl (C=O) groups excluding carboxylic acids is 1. The van der Waals surface area contributed by atoms with Crippen LogP contribution in [0.1, 0.15) is 36.9 Å². The van der Waals surface area contributed by atoms with Gasteiger partial charge in [-0.15, -0.1) is 0 Å². The second-order valence-corrected chi connectivity index (χ2v) is 5.71. The van der Waals surface area contributed by atoms with Crippen molar-refractivity contribution in [2.24, 2.45) is 5.92 Å². The van der Waals surface area contributed by atoms with Crippen LogP contribution in [0.5, 0.6) is 0 Å². The van der Waals surface area contributed by atoms with Crippen molar-refractivity contribution in [3.05, 3.63) is 35.4 Å². The number of urea groups is 1. The van der Waals surface area contributed by atoms with Gasteiger partial charge in [0.25, 0.3) is 0 Å². The number of rotatable bonds is 4. The maximum atomic E-state index is 12.2. The second kappa shape index (κ2) is 6.61. The lowest BCUT2D eigenvalue weighted by atomic mass is 9.81. The number of aryl methyl sites for hydroxylation is 1. The molecule has 1 aromatic rings. The number of amides is 2. The van der Waals surface area contributed by atoms with Gasteiger partial charge in [-0.05, 0) is 29.9 Å². The third-order valence-corrected chi connectivity index (χ3v) is 4.11. The van der Waals surface area contributed by atoms with Crippen molar-refractivity contribution >= 4 is 12.0 Å². The minimum atomic E-state index is -0.897. The molecule has 2 unspecified atom stereocenters. The summed E-state index contributed by atoms with van der Waals surface area (Å²) in [7, 11) is 1.62. The molecule has 0 bridgehead atoms. The largest absolute Gasteiger partial charge is 0.481 e. The van der Waals surface area contributed by atoms with Crippen molar-refractivity contribution in [1.29, 1.82) is 0 Å². The van der Waals surface area contributed by atoms with E-state index in [1.807, 2.05) is 12.1 Å². The molecule has 21 heavy (non-hydrogen) atoms. The van der Waals surface area contributed by atoms with E-state index in [1.165, 1.54) is 16.0 Å². The number of hydrogen-bond acceptors (Lipinski definition) is 2. The van der Waals surface area contributed by atoms with E-state index in [1.54, 1.807) is 7.05 Å². The molecule has 2 atom stereocenters. The maximum absolute atomic E-state index is 12.2. The summed E-state index contributed by atoms with van der Waals surface area (Å²) in [4.78, 5) is 24.2. The summed E-state index contributed by atoms with van der Waals surface area (Å²) >= 11 is 0. The van der Waals surface area contributed by atoms with E-state index >= 15 is 0 Å². The van der Waals surface area contributed by atoms with Gasteiger partial charge in [0.1, 0.15) is 0 Å². The zero-order valence-electron chi connectivity index (χ0n) is 12.5. The summed E-state index contributed by atoms with van der Waals surface area (Å²) in [6, 6.07) is 7.96. The van der Waals surface area contributed by atoms with Crippen molar-refractivity contribution < 1.29 is 14.7 Å². The Hall–Kier alpha value is -2.04. The molecular formula is C16H22N2O3. The van der Waals surface area contributed by atoms with Crippen LogP contribution in [0.4, 0.5) is 4.79 Å².